The highest BCUT2D eigenvalue weighted by Gasteiger charge is 2.32. The minimum Gasteiger partial charge on any atom is -0.472 e. The van der Waals surface area contributed by atoms with E-state index in [1.54, 1.807) is 17.0 Å². The first-order valence-corrected chi connectivity index (χ1v) is 11.4. The number of benzene rings is 1. The zero-order chi connectivity index (χ0) is 22.9. The van der Waals surface area contributed by atoms with E-state index in [4.69, 9.17) is 4.42 Å². The molecule has 5 rings (SSSR count). The van der Waals surface area contributed by atoms with Crippen LogP contribution in [-0.4, -0.2) is 54.7 Å². The first-order chi connectivity index (χ1) is 16.0. The Kier molecular flexibility index (Phi) is 5.62. The van der Waals surface area contributed by atoms with Crippen molar-refractivity contribution in [1.82, 2.24) is 10.2 Å². The van der Waals surface area contributed by atoms with Crippen LogP contribution in [0.3, 0.4) is 0 Å². The maximum absolute atomic E-state index is 12.4. The highest BCUT2D eigenvalue weighted by Crippen LogP contribution is 2.38. The molecule has 1 aromatic carbocycles. The van der Waals surface area contributed by atoms with Crippen LogP contribution in [0.5, 0.6) is 0 Å². The number of likely N-dealkylation sites (tertiary alicyclic amines) is 1. The SMILES string of the molecule is O=C(NCC1CCN(C(=O)c2ccoc2)CC1)C(=O)Nc1cc2c3c(c1)CC(=O)N3CCC2. The van der Waals surface area contributed by atoms with Crippen molar-refractivity contribution in [3.8, 4) is 0 Å². The molecule has 0 saturated carbocycles. The molecule has 1 saturated heterocycles. The molecule has 172 valence electrons. The summed E-state index contributed by atoms with van der Waals surface area (Å²) in [7, 11) is 0. The van der Waals surface area contributed by atoms with Gasteiger partial charge in [0.2, 0.25) is 5.91 Å². The Labute approximate surface area is 191 Å². The molecule has 0 bridgehead atoms. The van der Waals surface area contributed by atoms with Crippen molar-refractivity contribution in [2.75, 3.05) is 36.4 Å². The third-order valence-corrected chi connectivity index (χ3v) is 6.69. The summed E-state index contributed by atoms with van der Waals surface area (Å²) in [5, 5.41) is 5.40. The van der Waals surface area contributed by atoms with Gasteiger partial charge < -0.3 is 24.9 Å². The zero-order valence-corrected chi connectivity index (χ0v) is 18.3. The molecule has 9 heteroatoms. The van der Waals surface area contributed by atoms with Gasteiger partial charge in [-0.2, -0.15) is 0 Å². The molecule has 9 nitrogen and oxygen atoms in total. The van der Waals surface area contributed by atoms with E-state index in [2.05, 4.69) is 10.6 Å². The van der Waals surface area contributed by atoms with E-state index < -0.39 is 11.8 Å². The fourth-order valence-electron chi connectivity index (χ4n) is 4.97. The van der Waals surface area contributed by atoms with Crippen molar-refractivity contribution in [3.05, 3.63) is 47.4 Å². The average molecular weight is 450 g/mol. The summed E-state index contributed by atoms with van der Waals surface area (Å²) >= 11 is 0. The van der Waals surface area contributed by atoms with Gasteiger partial charge in [0.25, 0.3) is 5.91 Å². The Morgan fingerprint density at radius 1 is 1.06 bits per heavy atom. The fraction of sp³-hybridized carbons (Fsp3) is 0.417. The van der Waals surface area contributed by atoms with Crippen molar-refractivity contribution in [2.24, 2.45) is 5.92 Å². The number of amides is 4. The number of nitrogens with zero attached hydrogens (tertiary/aromatic N) is 2. The summed E-state index contributed by atoms with van der Waals surface area (Å²) in [6.07, 6.45) is 6.51. The van der Waals surface area contributed by atoms with Crippen molar-refractivity contribution >= 4 is 35.0 Å². The van der Waals surface area contributed by atoms with Gasteiger partial charge >= 0.3 is 11.8 Å². The van der Waals surface area contributed by atoms with Gasteiger partial charge in [0, 0.05) is 31.9 Å². The number of hydrogen-bond donors (Lipinski definition) is 2. The van der Waals surface area contributed by atoms with E-state index in [0.29, 0.717) is 37.3 Å². The number of hydrogen-bond acceptors (Lipinski definition) is 5. The Bertz CT molecular complexity index is 1100. The lowest BCUT2D eigenvalue weighted by Crippen LogP contribution is -2.43. The van der Waals surface area contributed by atoms with Crippen LogP contribution in [0.15, 0.2) is 35.1 Å². The lowest BCUT2D eigenvalue weighted by molar-refractivity contribution is -0.136. The van der Waals surface area contributed by atoms with Gasteiger partial charge in [-0.15, -0.1) is 0 Å². The lowest BCUT2D eigenvalue weighted by Gasteiger charge is -2.31. The smallest absolute Gasteiger partial charge is 0.313 e. The zero-order valence-electron chi connectivity index (χ0n) is 18.3. The second kappa shape index (κ2) is 8.73. The fourth-order valence-corrected chi connectivity index (χ4v) is 4.97. The molecule has 0 aliphatic carbocycles. The molecule has 2 aromatic rings. The van der Waals surface area contributed by atoms with Crippen LogP contribution in [-0.2, 0) is 27.2 Å². The molecule has 0 unspecified atom stereocenters. The van der Waals surface area contributed by atoms with E-state index in [0.717, 1.165) is 49.0 Å². The first-order valence-electron chi connectivity index (χ1n) is 11.4. The topological polar surface area (TPSA) is 112 Å². The highest BCUT2D eigenvalue weighted by atomic mass is 16.3. The van der Waals surface area contributed by atoms with Crippen molar-refractivity contribution in [1.29, 1.82) is 0 Å². The number of piperidine rings is 1. The summed E-state index contributed by atoms with van der Waals surface area (Å²) in [4.78, 5) is 53.0. The summed E-state index contributed by atoms with van der Waals surface area (Å²) < 4.78 is 4.97. The number of furan rings is 1. The Balaban J connectivity index is 1.11. The van der Waals surface area contributed by atoms with E-state index in [1.165, 1.54) is 12.5 Å². The number of rotatable bonds is 4. The molecule has 4 heterocycles. The highest BCUT2D eigenvalue weighted by molar-refractivity contribution is 6.39. The molecule has 1 aromatic heterocycles. The van der Waals surface area contributed by atoms with Gasteiger partial charge in [-0.1, -0.05) is 0 Å². The lowest BCUT2D eigenvalue weighted by atomic mass is 9.96. The van der Waals surface area contributed by atoms with Gasteiger partial charge in [0.15, 0.2) is 0 Å². The van der Waals surface area contributed by atoms with Gasteiger partial charge in [0.05, 0.1) is 23.9 Å². The van der Waals surface area contributed by atoms with Crippen molar-refractivity contribution in [2.45, 2.75) is 32.1 Å². The summed E-state index contributed by atoms with van der Waals surface area (Å²) in [5.41, 5.74) is 4.01. The van der Waals surface area contributed by atoms with Gasteiger partial charge in [-0.3, -0.25) is 19.2 Å². The summed E-state index contributed by atoms with van der Waals surface area (Å²) in [6.45, 7) is 2.33. The third kappa shape index (κ3) is 4.22. The monoisotopic (exact) mass is 450 g/mol. The number of aryl methyl sites for hydroxylation is 1. The minimum absolute atomic E-state index is 0.0520. The van der Waals surface area contributed by atoms with Gasteiger partial charge in [-0.25, -0.2) is 0 Å². The van der Waals surface area contributed by atoms with Gasteiger partial charge in [-0.05, 0) is 60.9 Å². The summed E-state index contributed by atoms with van der Waals surface area (Å²) in [6, 6.07) is 5.30. The molecular weight excluding hydrogens is 424 g/mol. The van der Waals surface area contributed by atoms with E-state index in [1.807, 2.05) is 11.0 Å². The number of anilines is 2. The molecule has 3 aliphatic heterocycles. The minimum atomic E-state index is -0.716. The van der Waals surface area contributed by atoms with Crippen LogP contribution < -0.4 is 15.5 Å². The van der Waals surface area contributed by atoms with Gasteiger partial charge in [0.1, 0.15) is 6.26 Å². The normalized spacial score (nSPS) is 17.6. The Morgan fingerprint density at radius 2 is 1.85 bits per heavy atom. The second-order valence-electron chi connectivity index (χ2n) is 8.88. The van der Waals surface area contributed by atoms with Crippen LogP contribution in [0.25, 0.3) is 0 Å². The maximum Gasteiger partial charge on any atom is 0.313 e. The molecule has 1 fully saturated rings. The molecule has 0 atom stereocenters. The molecule has 3 aliphatic rings. The van der Waals surface area contributed by atoms with Crippen LogP contribution in [0.1, 0.15) is 40.7 Å². The number of nitrogens with one attached hydrogen (secondary N) is 2. The van der Waals surface area contributed by atoms with Crippen LogP contribution in [0.4, 0.5) is 11.4 Å². The molecule has 2 N–H and O–H groups in total. The predicted molar refractivity (Wildman–Crippen MR) is 120 cm³/mol. The first kappa shape index (κ1) is 21.2. The third-order valence-electron chi connectivity index (χ3n) is 6.69. The molecule has 4 amide bonds. The Morgan fingerprint density at radius 3 is 2.61 bits per heavy atom. The average Bonchev–Trinajstić information content (AvgIpc) is 3.47. The molecular formula is C24H26N4O5. The molecule has 33 heavy (non-hydrogen) atoms. The molecule has 0 radical (unpaired) electrons. The van der Waals surface area contributed by atoms with Crippen LogP contribution in [0, 0.1) is 5.92 Å². The second-order valence-corrected chi connectivity index (χ2v) is 8.88. The largest absolute Gasteiger partial charge is 0.472 e. The van der Waals surface area contributed by atoms with Crippen molar-refractivity contribution in [3.63, 3.8) is 0 Å². The van der Waals surface area contributed by atoms with E-state index in [9.17, 15) is 19.2 Å². The predicted octanol–water partition coefficient (Wildman–Crippen LogP) is 1.72. The van der Waals surface area contributed by atoms with Crippen LogP contribution >= 0.6 is 0 Å². The summed E-state index contributed by atoms with van der Waals surface area (Å²) in [5.74, 6) is -1.16. The molecule has 0 spiro atoms. The number of carbonyl (C=O) groups excluding carboxylic acids is 4. The van der Waals surface area contributed by atoms with E-state index >= 15 is 0 Å². The maximum atomic E-state index is 12.4. The number of carbonyl (C=O) groups is 4. The standard InChI is InChI=1S/C24H26N4O5/c29-20-12-18-11-19(10-16-2-1-6-28(20)21(16)18)26-23(31)22(30)25-13-15-3-7-27(8-4-15)24(32)17-5-9-33-14-17/h5,9-11,14-15H,1-4,6-8,12-13H2,(H,25,30)(H,26,31). The quantitative estimate of drug-likeness (QED) is 0.689. The Hall–Kier alpha value is -3.62. The van der Waals surface area contributed by atoms with Crippen LogP contribution in [0.2, 0.25) is 0 Å². The van der Waals surface area contributed by atoms with E-state index in [-0.39, 0.29) is 17.7 Å². The van der Waals surface area contributed by atoms with Crippen molar-refractivity contribution < 1.29 is 23.6 Å².